The van der Waals surface area contributed by atoms with E-state index in [1.165, 1.54) is 28.1 Å². The van der Waals surface area contributed by atoms with Gasteiger partial charge in [-0.3, -0.25) is 9.59 Å². The van der Waals surface area contributed by atoms with Crippen LogP contribution in [0.2, 0.25) is 0 Å². The quantitative estimate of drug-likeness (QED) is 0.785. The second-order valence-corrected chi connectivity index (χ2v) is 7.19. The number of β-lactam (4-membered cyclic amide) rings is 1. The van der Waals surface area contributed by atoms with Gasteiger partial charge in [-0.15, -0.1) is 11.3 Å². The summed E-state index contributed by atoms with van der Waals surface area (Å²) in [5, 5.41) is 21.0. The minimum absolute atomic E-state index is 0.0346. The fraction of sp³-hybridized carbons (Fsp3) is 0.438. The van der Waals surface area contributed by atoms with Gasteiger partial charge in [-0.25, -0.2) is 4.79 Å². The molecule has 3 atom stereocenters. The van der Waals surface area contributed by atoms with Gasteiger partial charge in [0.25, 0.3) is 5.91 Å². The minimum atomic E-state index is -1.17. The lowest BCUT2D eigenvalue weighted by Crippen LogP contribution is -2.61. The predicted octanol–water partition coefficient (Wildman–Crippen LogP) is 0.857. The number of nitrogens with zero attached hydrogens (tertiary/aromatic N) is 2. The summed E-state index contributed by atoms with van der Waals surface area (Å²) in [7, 11) is 3.30. The van der Waals surface area contributed by atoms with Crippen LogP contribution in [0.25, 0.3) is 5.57 Å². The molecule has 1 fully saturated rings. The third-order valence-electron chi connectivity index (χ3n) is 4.48. The van der Waals surface area contributed by atoms with E-state index in [1.807, 2.05) is 0 Å². The molecule has 1 aromatic rings. The minimum Gasteiger partial charge on any atom is -0.477 e. The van der Waals surface area contributed by atoms with E-state index >= 15 is 0 Å². The van der Waals surface area contributed by atoms with Crippen LogP contribution in [0.1, 0.15) is 28.6 Å². The lowest BCUT2D eigenvalue weighted by atomic mass is 9.83. The Morgan fingerprint density at radius 1 is 1.42 bits per heavy atom. The van der Waals surface area contributed by atoms with E-state index in [1.54, 1.807) is 25.5 Å². The van der Waals surface area contributed by atoms with Gasteiger partial charge in [0.05, 0.1) is 23.6 Å². The molecule has 0 aromatic carbocycles. The van der Waals surface area contributed by atoms with Crippen LogP contribution in [0.15, 0.2) is 17.1 Å². The number of carboxylic acids is 1. The lowest BCUT2D eigenvalue weighted by molar-refractivity contribution is -0.161. The Labute approximate surface area is 142 Å². The molecule has 7 nitrogen and oxygen atoms in total. The van der Waals surface area contributed by atoms with Crippen LogP contribution in [0.4, 0.5) is 0 Å². The maximum Gasteiger partial charge on any atom is 0.352 e. The van der Waals surface area contributed by atoms with Gasteiger partial charge in [-0.05, 0) is 19.4 Å². The summed E-state index contributed by atoms with van der Waals surface area (Å²) in [4.78, 5) is 39.3. The molecule has 8 heteroatoms. The van der Waals surface area contributed by atoms with E-state index in [9.17, 15) is 24.6 Å². The standard InChI is InChI=1S/C16H18N2O5S/c1-7(19)12-10-5-9(13(16(22)23)18(10)15(12)21)11-4-8(6-24-11)14(20)17(2)3/h4,6-7,10,12,19H,5H2,1-3H3,(H,22,23)/t7-,10?,12?/m1/s1. The van der Waals surface area contributed by atoms with Crippen LogP contribution in [0, 0.1) is 5.92 Å². The van der Waals surface area contributed by atoms with E-state index in [2.05, 4.69) is 0 Å². The number of carboxylic acid groups (broad SMARTS) is 1. The average molecular weight is 350 g/mol. The number of fused-ring (bicyclic) bond motifs is 1. The molecule has 3 rings (SSSR count). The van der Waals surface area contributed by atoms with Crippen molar-refractivity contribution in [1.29, 1.82) is 0 Å². The van der Waals surface area contributed by atoms with Gasteiger partial charge in [-0.2, -0.15) is 0 Å². The highest BCUT2D eigenvalue weighted by atomic mass is 32.1. The molecule has 0 radical (unpaired) electrons. The molecular formula is C16H18N2O5S. The van der Waals surface area contributed by atoms with Crippen molar-refractivity contribution < 1.29 is 24.6 Å². The monoisotopic (exact) mass is 350 g/mol. The summed E-state index contributed by atoms with van der Waals surface area (Å²) in [6.07, 6.45) is -0.443. The van der Waals surface area contributed by atoms with Crippen LogP contribution >= 0.6 is 11.3 Å². The van der Waals surface area contributed by atoms with Gasteiger partial charge >= 0.3 is 5.97 Å². The number of thiophene rings is 1. The third kappa shape index (κ3) is 2.33. The summed E-state index contributed by atoms with van der Waals surface area (Å²) < 4.78 is 0. The fourth-order valence-corrected chi connectivity index (χ4v) is 4.29. The first kappa shape index (κ1) is 16.7. The first-order valence-electron chi connectivity index (χ1n) is 7.52. The molecule has 2 aliphatic rings. The predicted molar refractivity (Wildman–Crippen MR) is 87.3 cm³/mol. The zero-order chi connectivity index (χ0) is 17.8. The van der Waals surface area contributed by atoms with Crippen molar-refractivity contribution in [2.45, 2.75) is 25.5 Å². The summed E-state index contributed by atoms with van der Waals surface area (Å²) in [6.45, 7) is 1.54. The van der Waals surface area contributed by atoms with Crippen molar-refractivity contribution in [3.05, 3.63) is 27.6 Å². The van der Waals surface area contributed by atoms with Crippen LogP contribution in [-0.4, -0.2) is 64.0 Å². The molecule has 2 N–H and O–H groups in total. The van der Waals surface area contributed by atoms with Crippen molar-refractivity contribution in [2.75, 3.05) is 14.1 Å². The zero-order valence-electron chi connectivity index (χ0n) is 13.5. The molecule has 0 saturated carbocycles. The molecule has 128 valence electrons. The van der Waals surface area contributed by atoms with Crippen molar-refractivity contribution in [3.8, 4) is 0 Å². The Morgan fingerprint density at radius 3 is 2.62 bits per heavy atom. The van der Waals surface area contributed by atoms with Crippen LogP contribution < -0.4 is 0 Å². The molecular weight excluding hydrogens is 332 g/mol. The molecule has 2 amide bonds. The van der Waals surface area contributed by atoms with Crippen LogP contribution in [0.3, 0.4) is 0 Å². The zero-order valence-corrected chi connectivity index (χ0v) is 14.3. The number of carbonyl (C=O) groups is 3. The summed E-state index contributed by atoms with van der Waals surface area (Å²) in [5.74, 6) is -2.25. The largest absolute Gasteiger partial charge is 0.477 e. The van der Waals surface area contributed by atoms with Crippen molar-refractivity contribution in [1.82, 2.24) is 9.80 Å². The number of aliphatic carboxylic acids is 1. The van der Waals surface area contributed by atoms with Crippen LogP contribution in [0.5, 0.6) is 0 Å². The van der Waals surface area contributed by atoms with Gasteiger partial charge in [0.15, 0.2) is 0 Å². The first-order valence-corrected chi connectivity index (χ1v) is 8.40. The van der Waals surface area contributed by atoms with Crippen LogP contribution in [-0.2, 0) is 9.59 Å². The SMILES string of the molecule is C[C@@H](O)C1C(=O)N2C(C(=O)O)=C(c3cc(C(=O)N(C)C)cs3)CC12. The Morgan fingerprint density at radius 2 is 2.08 bits per heavy atom. The van der Waals surface area contributed by atoms with E-state index in [4.69, 9.17) is 0 Å². The molecule has 24 heavy (non-hydrogen) atoms. The summed E-state index contributed by atoms with van der Waals surface area (Å²) >= 11 is 1.29. The summed E-state index contributed by atoms with van der Waals surface area (Å²) in [5.41, 5.74) is 1.00. The number of rotatable bonds is 4. The van der Waals surface area contributed by atoms with E-state index in [0.29, 0.717) is 22.4 Å². The second-order valence-electron chi connectivity index (χ2n) is 6.28. The maximum atomic E-state index is 12.2. The topological polar surface area (TPSA) is 98.1 Å². The normalized spacial score (nSPS) is 23.8. The first-order chi connectivity index (χ1) is 11.2. The number of amides is 2. The Hall–Kier alpha value is -2.19. The summed E-state index contributed by atoms with van der Waals surface area (Å²) in [6, 6.07) is 1.34. The molecule has 0 spiro atoms. The molecule has 1 saturated heterocycles. The smallest absolute Gasteiger partial charge is 0.352 e. The van der Waals surface area contributed by atoms with Gasteiger partial charge in [0.2, 0.25) is 5.91 Å². The van der Waals surface area contributed by atoms with Crippen molar-refractivity contribution in [2.24, 2.45) is 5.92 Å². The Kier molecular flexibility index (Phi) is 3.97. The van der Waals surface area contributed by atoms with Gasteiger partial charge in [-0.1, -0.05) is 0 Å². The maximum absolute atomic E-state index is 12.2. The number of aliphatic hydroxyl groups is 1. The van der Waals surface area contributed by atoms with Crippen molar-refractivity contribution in [3.63, 3.8) is 0 Å². The van der Waals surface area contributed by atoms with E-state index in [-0.39, 0.29) is 23.6 Å². The Bertz CT molecular complexity index is 764. The Balaban J connectivity index is 1.97. The fourth-order valence-electron chi connectivity index (χ4n) is 3.35. The number of carbonyl (C=O) groups excluding carboxylic acids is 2. The second kappa shape index (κ2) is 5.71. The highest BCUT2D eigenvalue weighted by molar-refractivity contribution is 7.11. The molecule has 3 heterocycles. The van der Waals surface area contributed by atoms with Gasteiger partial charge in [0, 0.05) is 29.9 Å². The van der Waals surface area contributed by atoms with E-state index in [0.717, 1.165) is 0 Å². The molecule has 2 unspecified atom stereocenters. The molecule has 0 bridgehead atoms. The number of hydrogen-bond acceptors (Lipinski definition) is 5. The third-order valence-corrected chi connectivity index (χ3v) is 5.47. The average Bonchev–Trinajstić information content (AvgIpc) is 3.07. The highest BCUT2D eigenvalue weighted by Crippen LogP contribution is 2.47. The number of hydrogen-bond donors (Lipinski definition) is 2. The van der Waals surface area contributed by atoms with E-state index < -0.39 is 18.0 Å². The van der Waals surface area contributed by atoms with Crippen molar-refractivity contribution >= 4 is 34.7 Å². The van der Waals surface area contributed by atoms with Gasteiger partial charge in [0.1, 0.15) is 5.70 Å². The molecule has 2 aliphatic heterocycles. The van der Waals surface area contributed by atoms with Gasteiger partial charge < -0.3 is 20.0 Å². The number of aliphatic hydroxyl groups excluding tert-OH is 1. The molecule has 1 aromatic heterocycles. The lowest BCUT2D eigenvalue weighted by Gasteiger charge is -2.44. The highest BCUT2D eigenvalue weighted by Gasteiger charge is 2.56. The molecule has 0 aliphatic carbocycles.